The van der Waals surface area contributed by atoms with E-state index in [0.29, 0.717) is 13.0 Å². The van der Waals surface area contributed by atoms with Crippen LogP contribution < -0.4 is 21.3 Å². The topological polar surface area (TPSA) is 151 Å². The van der Waals surface area contributed by atoms with Gasteiger partial charge in [0.05, 0.1) is 17.8 Å². The maximum atomic E-state index is 13.6. The van der Waals surface area contributed by atoms with E-state index in [1.54, 1.807) is 7.05 Å². The largest absolute Gasteiger partial charge is 0.356 e. The first kappa shape index (κ1) is 29.2. The van der Waals surface area contributed by atoms with Crippen molar-refractivity contribution in [3.8, 4) is 0 Å². The van der Waals surface area contributed by atoms with Gasteiger partial charge in [0.15, 0.2) is 0 Å². The van der Waals surface area contributed by atoms with Crippen molar-refractivity contribution in [1.29, 1.82) is 0 Å². The second kappa shape index (κ2) is 14.0. The molecule has 1 unspecified atom stereocenters. The van der Waals surface area contributed by atoms with Crippen molar-refractivity contribution in [2.75, 3.05) is 6.54 Å². The molecule has 1 fully saturated rings. The SMILES string of the molecule is Cn1cc(C(=O)N[C@@H](Cc2ccccc2)C(=O)NC(C[C@@H]2CCCNC2=O)C(=O)C(=O)NCc2ccccc2)cn1. The third kappa shape index (κ3) is 8.34. The van der Waals surface area contributed by atoms with Crippen LogP contribution in [0.3, 0.4) is 0 Å². The van der Waals surface area contributed by atoms with E-state index in [-0.39, 0.29) is 30.9 Å². The van der Waals surface area contributed by atoms with Gasteiger partial charge in [0.1, 0.15) is 6.04 Å². The second-order valence-corrected chi connectivity index (χ2v) is 10.1. The number of carbonyl (C=O) groups excluding carboxylic acids is 5. The Morgan fingerprint density at radius 3 is 2.29 bits per heavy atom. The Labute approximate surface area is 238 Å². The van der Waals surface area contributed by atoms with Gasteiger partial charge in [0, 0.05) is 38.7 Å². The zero-order chi connectivity index (χ0) is 29.2. The first-order valence-corrected chi connectivity index (χ1v) is 13.6. The van der Waals surface area contributed by atoms with Crippen molar-refractivity contribution in [2.45, 2.75) is 44.3 Å². The lowest BCUT2D eigenvalue weighted by molar-refractivity contribution is -0.141. The highest BCUT2D eigenvalue weighted by Gasteiger charge is 2.35. The van der Waals surface area contributed by atoms with Gasteiger partial charge in [-0.3, -0.25) is 28.7 Å². The molecule has 0 spiro atoms. The molecule has 0 radical (unpaired) electrons. The van der Waals surface area contributed by atoms with Gasteiger partial charge < -0.3 is 21.3 Å². The zero-order valence-corrected chi connectivity index (χ0v) is 22.8. The summed E-state index contributed by atoms with van der Waals surface area (Å²) in [7, 11) is 1.67. The van der Waals surface area contributed by atoms with Gasteiger partial charge >= 0.3 is 0 Å². The van der Waals surface area contributed by atoms with E-state index in [9.17, 15) is 24.0 Å². The first-order valence-electron chi connectivity index (χ1n) is 13.6. The molecule has 1 aliphatic heterocycles. The maximum absolute atomic E-state index is 13.6. The molecule has 4 amide bonds. The van der Waals surface area contributed by atoms with E-state index < -0.39 is 41.5 Å². The lowest BCUT2D eigenvalue weighted by Crippen LogP contribution is -2.55. The van der Waals surface area contributed by atoms with Crippen LogP contribution in [0.1, 0.15) is 40.7 Å². The summed E-state index contributed by atoms with van der Waals surface area (Å²) >= 11 is 0. The summed E-state index contributed by atoms with van der Waals surface area (Å²) in [5.41, 5.74) is 1.86. The van der Waals surface area contributed by atoms with Crippen LogP contribution in [0, 0.1) is 5.92 Å². The van der Waals surface area contributed by atoms with Crippen LogP contribution in [-0.2, 0) is 39.2 Å². The Morgan fingerprint density at radius 2 is 1.66 bits per heavy atom. The van der Waals surface area contributed by atoms with Gasteiger partial charge in [-0.05, 0) is 30.4 Å². The highest BCUT2D eigenvalue weighted by molar-refractivity contribution is 6.38. The number of rotatable bonds is 12. The molecule has 0 aliphatic carbocycles. The molecule has 2 aromatic carbocycles. The van der Waals surface area contributed by atoms with Crippen LogP contribution in [0.5, 0.6) is 0 Å². The minimum Gasteiger partial charge on any atom is -0.356 e. The van der Waals surface area contributed by atoms with Crippen LogP contribution in [-0.4, -0.2) is 57.8 Å². The molecule has 1 aliphatic rings. The molecular formula is C30H34N6O5. The van der Waals surface area contributed by atoms with Gasteiger partial charge in [-0.15, -0.1) is 0 Å². The number of hydrogen-bond acceptors (Lipinski definition) is 6. The number of Topliss-reactive ketones (excluding diaryl/α,β-unsaturated/α-hetero) is 1. The summed E-state index contributed by atoms with van der Waals surface area (Å²) in [4.78, 5) is 65.3. The van der Waals surface area contributed by atoms with Crippen molar-refractivity contribution in [3.63, 3.8) is 0 Å². The monoisotopic (exact) mass is 558 g/mol. The normalized spacial score (nSPS) is 16.1. The number of carbonyl (C=O) groups is 5. The summed E-state index contributed by atoms with van der Waals surface area (Å²) in [5.74, 6) is -3.64. The van der Waals surface area contributed by atoms with Crippen molar-refractivity contribution < 1.29 is 24.0 Å². The Morgan fingerprint density at radius 1 is 0.976 bits per heavy atom. The minimum absolute atomic E-state index is 0.0379. The molecule has 214 valence electrons. The third-order valence-electron chi connectivity index (χ3n) is 6.94. The second-order valence-electron chi connectivity index (χ2n) is 10.1. The fraction of sp³-hybridized carbons (Fsp3) is 0.333. The van der Waals surface area contributed by atoms with E-state index in [2.05, 4.69) is 26.4 Å². The number of benzene rings is 2. The Hall–Kier alpha value is -4.80. The van der Waals surface area contributed by atoms with Crippen molar-refractivity contribution in [2.24, 2.45) is 13.0 Å². The number of nitrogens with zero attached hydrogens (tertiary/aromatic N) is 2. The Balaban J connectivity index is 1.52. The van der Waals surface area contributed by atoms with Crippen molar-refractivity contribution in [1.82, 2.24) is 31.0 Å². The van der Waals surface area contributed by atoms with Crippen LogP contribution in [0.15, 0.2) is 73.1 Å². The standard InChI is InChI=1S/C30H34N6O5/c1-36-19-23(18-33-36)28(39)35-25(15-20-9-4-2-5-10-20)29(40)34-24(16-22-13-8-14-31-27(22)38)26(37)30(41)32-17-21-11-6-3-7-12-21/h2-7,9-12,18-19,22,24-25H,8,13-17H2,1H3,(H,31,38)(H,32,41)(H,34,40)(H,35,39)/t22-,24?,25-/m0/s1. The highest BCUT2D eigenvalue weighted by Crippen LogP contribution is 2.18. The fourth-order valence-corrected chi connectivity index (χ4v) is 4.71. The fourth-order valence-electron chi connectivity index (χ4n) is 4.71. The maximum Gasteiger partial charge on any atom is 0.289 e. The number of piperidine rings is 1. The summed E-state index contributed by atoms with van der Waals surface area (Å²) in [6.07, 6.45) is 4.27. The predicted molar refractivity (Wildman–Crippen MR) is 150 cm³/mol. The molecule has 2 heterocycles. The van der Waals surface area contributed by atoms with Crippen LogP contribution in [0.2, 0.25) is 0 Å². The lowest BCUT2D eigenvalue weighted by Gasteiger charge is -2.27. The minimum atomic E-state index is -1.26. The number of nitrogens with one attached hydrogen (secondary N) is 4. The quantitative estimate of drug-likeness (QED) is 0.244. The van der Waals surface area contributed by atoms with Gasteiger partial charge in [0.2, 0.25) is 17.6 Å². The van der Waals surface area contributed by atoms with E-state index in [4.69, 9.17) is 0 Å². The predicted octanol–water partition coefficient (Wildman–Crippen LogP) is 1.05. The van der Waals surface area contributed by atoms with Crippen LogP contribution in [0.25, 0.3) is 0 Å². The molecule has 11 heteroatoms. The van der Waals surface area contributed by atoms with Gasteiger partial charge in [0.25, 0.3) is 11.8 Å². The van der Waals surface area contributed by atoms with Crippen molar-refractivity contribution >= 4 is 29.4 Å². The molecule has 0 saturated carbocycles. The summed E-state index contributed by atoms with van der Waals surface area (Å²) < 4.78 is 1.47. The Bertz CT molecular complexity index is 1370. The summed E-state index contributed by atoms with van der Waals surface area (Å²) in [6.45, 7) is 0.672. The van der Waals surface area contributed by atoms with E-state index >= 15 is 0 Å². The number of ketones is 1. The third-order valence-corrected chi connectivity index (χ3v) is 6.94. The number of aromatic nitrogens is 2. The van der Waals surface area contributed by atoms with Crippen LogP contribution in [0.4, 0.5) is 0 Å². The van der Waals surface area contributed by atoms with Crippen molar-refractivity contribution in [3.05, 3.63) is 89.7 Å². The first-order chi connectivity index (χ1) is 19.8. The molecule has 3 aromatic rings. The molecule has 3 atom stereocenters. The summed E-state index contributed by atoms with van der Waals surface area (Å²) in [5, 5.41) is 14.8. The van der Waals surface area contributed by atoms with E-state index in [0.717, 1.165) is 17.5 Å². The molecule has 1 aromatic heterocycles. The zero-order valence-electron chi connectivity index (χ0n) is 22.8. The molecule has 4 rings (SSSR count). The van der Waals surface area contributed by atoms with Crippen LogP contribution >= 0.6 is 0 Å². The smallest absolute Gasteiger partial charge is 0.289 e. The summed E-state index contributed by atoms with van der Waals surface area (Å²) in [6, 6.07) is 15.9. The molecule has 41 heavy (non-hydrogen) atoms. The molecule has 0 bridgehead atoms. The molecule has 4 N–H and O–H groups in total. The van der Waals surface area contributed by atoms with E-state index in [1.807, 2.05) is 60.7 Å². The van der Waals surface area contributed by atoms with Gasteiger partial charge in [-0.2, -0.15) is 5.10 Å². The molecular weight excluding hydrogens is 524 g/mol. The lowest BCUT2D eigenvalue weighted by atomic mass is 9.89. The molecule has 11 nitrogen and oxygen atoms in total. The average Bonchev–Trinajstić information content (AvgIpc) is 3.43. The number of amides is 4. The average molecular weight is 559 g/mol. The highest BCUT2D eigenvalue weighted by atomic mass is 16.2. The van der Waals surface area contributed by atoms with Gasteiger partial charge in [-0.25, -0.2) is 0 Å². The van der Waals surface area contributed by atoms with E-state index in [1.165, 1.54) is 17.1 Å². The molecule has 1 saturated heterocycles. The Kier molecular flexibility index (Phi) is 9.98. The number of aryl methyl sites for hydroxylation is 1. The van der Waals surface area contributed by atoms with Gasteiger partial charge in [-0.1, -0.05) is 60.7 Å². The number of hydrogen-bond donors (Lipinski definition) is 4.